The lowest BCUT2D eigenvalue weighted by Crippen LogP contribution is -2.35. The molecule has 3 heteroatoms. The smallest absolute Gasteiger partial charge is 0.0948 e. The Morgan fingerprint density at radius 3 is 2.71 bits per heavy atom. The summed E-state index contributed by atoms with van der Waals surface area (Å²) in [6, 6.07) is 1.03. The summed E-state index contributed by atoms with van der Waals surface area (Å²) in [6.45, 7) is 7.75. The van der Waals surface area contributed by atoms with E-state index in [0.717, 1.165) is 13.0 Å². The van der Waals surface area contributed by atoms with Crippen molar-refractivity contribution >= 4 is 0 Å². The van der Waals surface area contributed by atoms with Gasteiger partial charge in [-0.25, -0.2) is 4.98 Å². The molecule has 0 saturated carbocycles. The van der Waals surface area contributed by atoms with Crippen LogP contribution in [0.5, 0.6) is 0 Å². The average Bonchev–Trinajstić information content (AvgIpc) is 2.71. The van der Waals surface area contributed by atoms with E-state index in [1.54, 1.807) is 0 Å². The lowest BCUT2D eigenvalue weighted by Gasteiger charge is -2.24. The zero-order valence-corrected chi connectivity index (χ0v) is 9.40. The molecule has 2 unspecified atom stereocenters. The van der Waals surface area contributed by atoms with E-state index in [2.05, 4.69) is 35.6 Å². The van der Waals surface area contributed by atoms with E-state index in [-0.39, 0.29) is 0 Å². The molecular formula is C11H21N3. The summed E-state index contributed by atoms with van der Waals surface area (Å²) in [6.07, 6.45) is 8.09. The van der Waals surface area contributed by atoms with E-state index < -0.39 is 0 Å². The van der Waals surface area contributed by atoms with Crippen LogP contribution in [-0.2, 0) is 0 Å². The molecule has 0 amide bonds. The van der Waals surface area contributed by atoms with Crippen LogP contribution in [0.2, 0.25) is 0 Å². The first kappa shape index (κ1) is 11.2. The average molecular weight is 195 g/mol. The van der Waals surface area contributed by atoms with E-state index in [1.807, 2.05) is 18.7 Å². The largest absolute Gasteiger partial charge is 0.333 e. The Morgan fingerprint density at radius 2 is 2.21 bits per heavy atom. The van der Waals surface area contributed by atoms with Gasteiger partial charge in [-0.1, -0.05) is 13.8 Å². The number of aromatic nitrogens is 2. The van der Waals surface area contributed by atoms with Crippen LogP contribution in [0.15, 0.2) is 18.7 Å². The van der Waals surface area contributed by atoms with Gasteiger partial charge >= 0.3 is 0 Å². The van der Waals surface area contributed by atoms with Gasteiger partial charge in [0, 0.05) is 24.5 Å². The fourth-order valence-electron chi connectivity index (χ4n) is 1.70. The van der Waals surface area contributed by atoms with Gasteiger partial charge in [0.1, 0.15) is 0 Å². The first-order valence-corrected chi connectivity index (χ1v) is 5.50. The molecule has 0 aliphatic rings. The van der Waals surface area contributed by atoms with Crippen molar-refractivity contribution in [1.29, 1.82) is 0 Å². The summed E-state index contributed by atoms with van der Waals surface area (Å²) in [4.78, 5) is 4.08. The Hall–Kier alpha value is -0.830. The molecule has 1 aromatic heterocycles. The lowest BCUT2D eigenvalue weighted by atomic mass is 10.1. The van der Waals surface area contributed by atoms with Crippen molar-refractivity contribution in [1.82, 2.24) is 14.9 Å². The molecule has 1 rings (SSSR count). The van der Waals surface area contributed by atoms with Gasteiger partial charge in [0.15, 0.2) is 0 Å². The van der Waals surface area contributed by atoms with Crippen LogP contribution in [-0.4, -0.2) is 22.1 Å². The number of nitrogens with one attached hydrogen (secondary N) is 1. The highest BCUT2D eigenvalue weighted by molar-refractivity contribution is 4.84. The topological polar surface area (TPSA) is 29.9 Å². The molecule has 14 heavy (non-hydrogen) atoms. The van der Waals surface area contributed by atoms with Crippen molar-refractivity contribution in [3.05, 3.63) is 18.7 Å². The molecule has 0 aromatic carbocycles. The minimum atomic E-state index is 0.481. The highest BCUT2D eigenvalue weighted by Crippen LogP contribution is 2.12. The van der Waals surface area contributed by atoms with Crippen LogP contribution in [0.25, 0.3) is 0 Å². The molecule has 0 aliphatic heterocycles. The summed E-state index contributed by atoms with van der Waals surface area (Å²) < 4.78 is 2.16. The highest BCUT2D eigenvalue weighted by Gasteiger charge is 2.14. The van der Waals surface area contributed by atoms with Gasteiger partial charge in [-0.05, 0) is 26.3 Å². The van der Waals surface area contributed by atoms with E-state index in [0.29, 0.717) is 12.1 Å². The second-order valence-corrected chi connectivity index (χ2v) is 3.72. The summed E-state index contributed by atoms with van der Waals surface area (Å²) in [5, 5.41) is 3.56. The molecule has 0 saturated heterocycles. The van der Waals surface area contributed by atoms with Crippen molar-refractivity contribution in [2.24, 2.45) is 0 Å². The number of rotatable bonds is 6. The van der Waals surface area contributed by atoms with Crippen molar-refractivity contribution in [2.45, 2.75) is 45.7 Å². The molecule has 1 aromatic rings. The van der Waals surface area contributed by atoms with Crippen LogP contribution < -0.4 is 5.32 Å². The van der Waals surface area contributed by atoms with Crippen LogP contribution >= 0.6 is 0 Å². The van der Waals surface area contributed by atoms with Gasteiger partial charge in [0.2, 0.25) is 0 Å². The summed E-state index contributed by atoms with van der Waals surface area (Å²) >= 11 is 0. The van der Waals surface area contributed by atoms with E-state index >= 15 is 0 Å². The molecule has 3 nitrogen and oxygen atoms in total. The Bertz CT molecular complexity index is 231. The molecule has 0 radical (unpaired) electrons. The van der Waals surface area contributed by atoms with Gasteiger partial charge < -0.3 is 9.88 Å². The molecule has 80 valence electrons. The molecule has 0 spiro atoms. The maximum absolute atomic E-state index is 4.08. The monoisotopic (exact) mass is 195 g/mol. The molecule has 0 aliphatic carbocycles. The Balaban J connectivity index is 2.51. The summed E-state index contributed by atoms with van der Waals surface area (Å²) in [7, 11) is 0. The fourth-order valence-corrected chi connectivity index (χ4v) is 1.70. The molecule has 1 N–H and O–H groups in total. The van der Waals surface area contributed by atoms with Crippen molar-refractivity contribution in [2.75, 3.05) is 6.54 Å². The third-order valence-electron chi connectivity index (χ3n) is 2.67. The molecule has 2 atom stereocenters. The van der Waals surface area contributed by atoms with Gasteiger partial charge in [-0.15, -0.1) is 0 Å². The maximum Gasteiger partial charge on any atom is 0.0948 e. The minimum Gasteiger partial charge on any atom is -0.333 e. The number of hydrogen-bond acceptors (Lipinski definition) is 2. The van der Waals surface area contributed by atoms with E-state index in [9.17, 15) is 0 Å². The van der Waals surface area contributed by atoms with Crippen molar-refractivity contribution in [3.63, 3.8) is 0 Å². The Labute approximate surface area is 86.5 Å². The normalized spacial score (nSPS) is 15.4. The highest BCUT2D eigenvalue weighted by atomic mass is 15.1. The first-order chi connectivity index (χ1) is 6.79. The number of hydrogen-bond donors (Lipinski definition) is 1. The Morgan fingerprint density at radius 1 is 1.43 bits per heavy atom. The van der Waals surface area contributed by atoms with Gasteiger partial charge in [0.25, 0.3) is 0 Å². The van der Waals surface area contributed by atoms with Crippen LogP contribution in [0.4, 0.5) is 0 Å². The summed E-state index contributed by atoms with van der Waals surface area (Å²) in [5.41, 5.74) is 0. The molecule has 0 fully saturated rings. The second-order valence-electron chi connectivity index (χ2n) is 3.72. The molecular weight excluding hydrogens is 174 g/mol. The number of imidazole rings is 1. The number of nitrogens with zero attached hydrogens (tertiary/aromatic N) is 2. The summed E-state index contributed by atoms with van der Waals surface area (Å²) in [5.74, 6) is 0. The van der Waals surface area contributed by atoms with Crippen molar-refractivity contribution < 1.29 is 0 Å². The zero-order valence-electron chi connectivity index (χ0n) is 9.40. The zero-order chi connectivity index (χ0) is 10.4. The van der Waals surface area contributed by atoms with Crippen molar-refractivity contribution in [3.8, 4) is 0 Å². The quantitative estimate of drug-likeness (QED) is 0.754. The van der Waals surface area contributed by atoms with E-state index in [1.165, 1.54) is 6.42 Å². The van der Waals surface area contributed by atoms with Crippen LogP contribution in [0, 0.1) is 0 Å². The molecule has 1 heterocycles. The van der Waals surface area contributed by atoms with Gasteiger partial charge in [-0.2, -0.15) is 0 Å². The predicted molar refractivity (Wildman–Crippen MR) is 59.3 cm³/mol. The second kappa shape index (κ2) is 5.81. The third kappa shape index (κ3) is 2.84. The van der Waals surface area contributed by atoms with Crippen LogP contribution in [0.3, 0.4) is 0 Å². The molecule has 0 bridgehead atoms. The van der Waals surface area contributed by atoms with Gasteiger partial charge in [-0.3, -0.25) is 0 Å². The van der Waals surface area contributed by atoms with E-state index in [4.69, 9.17) is 0 Å². The third-order valence-corrected chi connectivity index (χ3v) is 2.67. The lowest BCUT2D eigenvalue weighted by molar-refractivity contribution is 0.361. The fraction of sp³-hybridized carbons (Fsp3) is 0.727. The maximum atomic E-state index is 4.08. The predicted octanol–water partition coefficient (Wildman–Crippen LogP) is 2.22. The SMILES string of the molecule is CCCNC(CC)C(C)n1ccnc1. The van der Waals surface area contributed by atoms with Crippen LogP contribution in [0.1, 0.15) is 39.7 Å². The Kier molecular flexibility index (Phi) is 4.66. The minimum absolute atomic E-state index is 0.481. The first-order valence-electron chi connectivity index (χ1n) is 5.50. The standard InChI is InChI=1S/C11H21N3/c1-4-6-13-11(5-2)10(3)14-8-7-12-9-14/h7-11,13H,4-6H2,1-3H3. The van der Waals surface area contributed by atoms with Gasteiger partial charge in [0.05, 0.1) is 6.33 Å².